The second kappa shape index (κ2) is 16.1. The van der Waals surface area contributed by atoms with Crippen LogP contribution >= 0.6 is 0 Å². The predicted octanol–water partition coefficient (Wildman–Crippen LogP) is -0.492. The number of rotatable bonds is 19. The van der Waals surface area contributed by atoms with E-state index in [0.29, 0.717) is 78.4 Å². The highest BCUT2D eigenvalue weighted by Gasteiger charge is 2.44. The van der Waals surface area contributed by atoms with Gasteiger partial charge in [-0.3, -0.25) is 29.4 Å². The monoisotopic (exact) mass is 537 g/mol. The third kappa shape index (κ3) is 8.82. The summed E-state index contributed by atoms with van der Waals surface area (Å²) in [4.78, 5) is 50.0. The van der Waals surface area contributed by atoms with Crippen LogP contribution in [-0.2, 0) is 33.3 Å². The van der Waals surface area contributed by atoms with Crippen molar-refractivity contribution in [3.8, 4) is 5.75 Å². The van der Waals surface area contributed by atoms with Gasteiger partial charge >= 0.3 is 0 Å². The van der Waals surface area contributed by atoms with Gasteiger partial charge in [-0.2, -0.15) is 0 Å². The molecule has 2 aliphatic rings. The zero-order valence-corrected chi connectivity index (χ0v) is 21.3. The van der Waals surface area contributed by atoms with E-state index in [0.717, 1.165) is 4.90 Å². The second-order valence-corrected chi connectivity index (χ2v) is 8.35. The van der Waals surface area contributed by atoms with Crippen molar-refractivity contribution < 1.29 is 47.6 Å². The van der Waals surface area contributed by atoms with Crippen LogP contribution in [0.4, 0.5) is 0 Å². The quantitative estimate of drug-likeness (QED) is 0.173. The molecule has 210 valence electrons. The zero-order valence-electron chi connectivity index (χ0n) is 21.3. The van der Waals surface area contributed by atoms with E-state index in [1.165, 1.54) is 12.1 Å². The van der Waals surface area contributed by atoms with E-state index in [4.69, 9.17) is 34.2 Å². The summed E-state index contributed by atoms with van der Waals surface area (Å²) >= 11 is 0. The zero-order chi connectivity index (χ0) is 27.2. The summed E-state index contributed by atoms with van der Waals surface area (Å²) in [6, 6.07) is 3.56. The Morgan fingerprint density at radius 3 is 1.82 bits per heavy atom. The van der Waals surface area contributed by atoms with Gasteiger partial charge in [-0.1, -0.05) is 0 Å². The lowest BCUT2D eigenvalue weighted by atomic mass is 10.0. The van der Waals surface area contributed by atoms with Gasteiger partial charge in [-0.05, 0) is 24.6 Å². The second-order valence-electron chi connectivity index (χ2n) is 8.35. The molecule has 3 rings (SSSR count). The van der Waals surface area contributed by atoms with Crippen LogP contribution in [0.1, 0.15) is 33.6 Å². The van der Waals surface area contributed by atoms with Gasteiger partial charge in [0.2, 0.25) is 11.8 Å². The van der Waals surface area contributed by atoms with Crippen molar-refractivity contribution in [3.05, 3.63) is 29.3 Å². The number of nitrogens with one attached hydrogen (secondary N) is 1. The highest BCUT2D eigenvalue weighted by Crippen LogP contribution is 2.30. The molecule has 1 atom stereocenters. The Labute approximate surface area is 220 Å². The number of fused-ring (bicyclic) bond motifs is 1. The molecule has 3 N–H and O–H groups in total. The number of imide groups is 2. The largest absolute Gasteiger partial charge is 0.491 e. The Kier molecular flexibility index (Phi) is 12.6. The van der Waals surface area contributed by atoms with Crippen LogP contribution < -0.4 is 15.8 Å². The normalized spacial score (nSPS) is 17.2. The molecule has 13 nitrogen and oxygen atoms in total. The summed E-state index contributed by atoms with van der Waals surface area (Å²) in [5.74, 6) is -1.80. The molecule has 13 heteroatoms. The lowest BCUT2D eigenvalue weighted by Crippen LogP contribution is -2.54. The molecule has 0 aliphatic carbocycles. The van der Waals surface area contributed by atoms with Gasteiger partial charge in [0.1, 0.15) is 18.4 Å². The Morgan fingerprint density at radius 2 is 1.26 bits per heavy atom. The Hall–Kier alpha value is -2.94. The predicted molar refractivity (Wildman–Crippen MR) is 132 cm³/mol. The molecule has 0 bridgehead atoms. The average Bonchev–Trinajstić information content (AvgIpc) is 3.15. The Balaban J connectivity index is 1.23. The van der Waals surface area contributed by atoms with Crippen molar-refractivity contribution in [2.75, 3.05) is 79.2 Å². The first-order valence-corrected chi connectivity index (χ1v) is 12.6. The van der Waals surface area contributed by atoms with Crippen LogP contribution in [0.15, 0.2) is 18.2 Å². The van der Waals surface area contributed by atoms with Crippen molar-refractivity contribution in [2.45, 2.75) is 18.9 Å². The van der Waals surface area contributed by atoms with Gasteiger partial charge in [-0.25, -0.2) is 0 Å². The third-order valence-corrected chi connectivity index (χ3v) is 5.66. The fraction of sp³-hybridized carbons (Fsp3) is 0.600. The van der Waals surface area contributed by atoms with E-state index in [9.17, 15) is 19.2 Å². The van der Waals surface area contributed by atoms with Gasteiger partial charge in [0.25, 0.3) is 11.8 Å². The molecule has 0 aromatic heterocycles. The summed E-state index contributed by atoms with van der Waals surface area (Å²) in [5.41, 5.74) is 5.68. The van der Waals surface area contributed by atoms with E-state index < -0.39 is 29.7 Å². The van der Waals surface area contributed by atoms with Gasteiger partial charge in [0.15, 0.2) is 0 Å². The maximum atomic E-state index is 12.8. The molecule has 1 aromatic rings. The third-order valence-electron chi connectivity index (χ3n) is 5.66. The summed E-state index contributed by atoms with van der Waals surface area (Å²) in [5, 5.41) is 2.17. The molecule has 2 heterocycles. The van der Waals surface area contributed by atoms with Crippen LogP contribution in [0.3, 0.4) is 0 Å². The minimum absolute atomic E-state index is 0.0689. The molecule has 1 aromatic carbocycles. The maximum Gasteiger partial charge on any atom is 0.262 e. The van der Waals surface area contributed by atoms with Crippen LogP contribution in [0.2, 0.25) is 0 Å². The number of piperidine rings is 1. The molecule has 2 aliphatic heterocycles. The molecule has 1 unspecified atom stereocenters. The van der Waals surface area contributed by atoms with Crippen molar-refractivity contribution in [1.82, 2.24) is 10.2 Å². The van der Waals surface area contributed by atoms with Crippen LogP contribution in [0.5, 0.6) is 5.75 Å². The fourth-order valence-electron chi connectivity index (χ4n) is 3.82. The topological polar surface area (TPSA) is 165 Å². The smallest absolute Gasteiger partial charge is 0.262 e. The van der Waals surface area contributed by atoms with E-state index in [2.05, 4.69) is 5.32 Å². The minimum Gasteiger partial charge on any atom is -0.491 e. The van der Waals surface area contributed by atoms with Crippen molar-refractivity contribution >= 4 is 23.6 Å². The molecule has 0 saturated carbocycles. The first kappa shape index (κ1) is 29.6. The van der Waals surface area contributed by atoms with Gasteiger partial charge in [-0.15, -0.1) is 0 Å². The van der Waals surface area contributed by atoms with Crippen LogP contribution in [0, 0.1) is 0 Å². The van der Waals surface area contributed by atoms with Crippen molar-refractivity contribution in [2.24, 2.45) is 5.73 Å². The summed E-state index contributed by atoms with van der Waals surface area (Å²) in [6.07, 6.45) is 0.175. The number of benzene rings is 1. The standard InChI is InChI=1S/C25H35N3O10/c26-5-6-33-7-8-34-9-10-35-11-12-36-13-14-37-15-16-38-18-1-2-19-20(17-18)25(32)28(24(19)31)21-3-4-22(29)27-23(21)30/h1-2,17,21H,3-16,26H2,(H,27,29,30). The number of hydrogen-bond acceptors (Lipinski definition) is 11. The number of nitrogens with two attached hydrogens (primary N) is 1. The number of carbonyl (C=O) groups excluding carboxylic acids is 4. The average molecular weight is 538 g/mol. The maximum absolute atomic E-state index is 12.8. The van der Waals surface area contributed by atoms with E-state index in [-0.39, 0.29) is 30.6 Å². The number of nitrogens with zero attached hydrogens (tertiary/aromatic N) is 1. The number of hydrogen-bond donors (Lipinski definition) is 2. The first-order chi connectivity index (χ1) is 18.5. The van der Waals surface area contributed by atoms with Crippen LogP contribution in [-0.4, -0.2) is 114 Å². The lowest BCUT2D eigenvalue weighted by Gasteiger charge is -2.27. The Morgan fingerprint density at radius 1 is 0.737 bits per heavy atom. The highest BCUT2D eigenvalue weighted by molar-refractivity contribution is 6.23. The number of ether oxygens (including phenoxy) is 6. The first-order valence-electron chi connectivity index (χ1n) is 12.6. The number of carbonyl (C=O) groups is 4. The van der Waals surface area contributed by atoms with E-state index in [1.807, 2.05) is 0 Å². The van der Waals surface area contributed by atoms with Crippen molar-refractivity contribution in [1.29, 1.82) is 0 Å². The molecular weight excluding hydrogens is 502 g/mol. The van der Waals surface area contributed by atoms with E-state index in [1.54, 1.807) is 6.07 Å². The molecule has 1 fully saturated rings. The fourth-order valence-corrected chi connectivity index (χ4v) is 3.82. The molecule has 0 spiro atoms. The van der Waals surface area contributed by atoms with Crippen molar-refractivity contribution in [3.63, 3.8) is 0 Å². The summed E-state index contributed by atoms with van der Waals surface area (Å²) < 4.78 is 32.5. The van der Waals surface area contributed by atoms with Crippen LogP contribution in [0.25, 0.3) is 0 Å². The Bertz CT molecular complexity index is 957. The van der Waals surface area contributed by atoms with Gasteiger partial charge in [0, 0.05) is 13.0 Å². The van der Waals surface area contributed by atoms with Gasteiger partial charge < -0.3 is 34.2 Å². The minimum atomic E-state index is -1.00. The molecule has 0 radical (unpaired) electrons. The number of amides is 4. The summed E-state index contributed by atoms with van der Waals surface area (Å²) in [6.45, 7) is 5.25. The lowest BCUT2D eigenvalue weighted by molar-refractivity contribution is -0.136. The summed E-state index contributed by atoms with van der Waals surface area (Å²) in [7, 11) is 0. The molecule has 4 amide bonds. The molecule has 38 heavy (non-hydrogen) atoms. The SMILES string of the molecule is NCCOCCOCCOCCOCCOCCOc1ccc2c(c1)C(=O)N(C1CCC(=O)NC1=O)C2=O. The molecule has 1 saturated heterocycles. The molecular formula is C25H35N3O10. The van der Waals surface area contributed by atoms with E-state index >= 15 is 0 Å². The highest BCUT2D eigenvalue weighted by atomic mass is 16.6. The van der Waals surface area contributed by atoms with Gasteiger partial charge in [0.05, 0.1) is 77.2 Å².